The number of rotatable bonds is 2. The zero-order valence-corrected chi connectivity index (χ0v) is 30.2. The Morgan fingerprint density at radius 3 is 0.978 bits per heavy atom. The van der Waals surface area contributed by atoms with Crippen molar-refractivity contribution in [3.05, 3.63) is 155 Å². The van der Waals surface area contributed by atoms with Crippen LogP contribution in [0.15, 0.2) is 127 Å². The van der Waals surface area contributed by atoms with E-state index in [-0.39, 0.29) is 5.92 Å². The number of fused-ring (bicyclic) bond motifs is 6. The summed E-state index contributed by atoms with van der Waals surface area (Å²) in [6.45, 7) is 24.0. The molecule has 0 spiro atoms. The van der Waals surface area contributed by atoms with Crippen LogP contribution in [0.1, 0.15) is 117 Å². The second-order valence-corrected chi connectivity index (χ2v) is 8.85. The van der Waals surface area contributed by atoms with E-state index in [0.717, 1.165) is 0 Å². The lowest BCUT2D eigenvalue weighted by Crippen LogP contribution is -2.04. The molecule has 0 unspecified atom stereocenters. The van der Waals surface area contributed by atoms with Crippen LogP contribution in [-0.4, -0.2) is 0 Å². The fourth-order valence-corrected chi connectivity index (χ4v) is 5.85. The molecule has 2 aliphatic carbocycles. The van der Waals surface area contributed by atoms with Gasteiger partial charge in [0.2, 0.25) is 0 Å². The van der Waals surface area contributed by atoms with Crippen LogP contribution in [0.4, 0.5) is 0 Å². The van der Waals surface area contributed by atoms with Gasteiger partial charge in [0.1, 0.15) is 0 Å². The molecule has 0 bridgehead atoms. The van der Waals surface area contributed by atoms with Crippen LogP contribution in [0.5, 0.6) is 0 Å². The summed E-state index contributed by atoms with van der Waals surface area (Å²) in [7, 11) is 0. The molecule has 0 aliphatic heterocycles. The minimum absolute atomic E-state index is 0.189. The average Bonchev–Trinajstić information content (AvgIpc) is 3.68. The van der Waals surface area contributed by atoms with E-state index in [9.17, 15) is 0 Å². The first-order valence-electron chi connectivity index (χ1n) is 17.6. The minimum atomic E-state index is 0.189. The first-order chi connectivity index (χ1) is 22.4. The Balaban J connectivity index is 0.000000763. The maximum absolute atomic E-state index is 2.32. The molecule has 0 aromatic heterocycles. The normalized spacial score (nSPS) is 10.5. The van der Waals surface area contributed by atoms with E-state index >= 15 is 0 Å². The zero-order valence-electron chi connectivity index (χ0n) is 30.2. The van der Waals surface area contributed by atoms with Gasteiger partial charge in [0, 0.05) is 5.92 Å². The van der Waals surface area contributed by atoms with Crippen molar-refractivity contribution >= 4 is 11.1 Å². The predicted molar refractivity (Wildman–Crippen MR) is 206 cm³/mol. The summed E-state index contributed by atoms with van der Waals surface area (Å²) in [6.07, 6.45) is 0. The van der Waals surface area contributed by atoms with Gasteiger partial charge in [-0.15, -0.1) is 0 Å². The Morgan fingerprint density at radius 2 is 0.600 bits per heavy atom. The summed E-state index contributed by atoms with van der Waals surface area (Å²) >= 11 is 0. The molecule has 238 valence electrons. The Kier molecular flexibility index (Phi) is 18.6. The highest BCUT2D eigenvalue weighted by atomic mass is 14.4. The Hall–Kier alpha value is -4.16. The maximum atomic E-state index is 2.32. The zero-order chi connectivity index (χ0) is 33.8. The van der Waals surface area contributed by atoms with Crippen molar-refractivity contribution in [2.45, 2.75) is 89.0 Å². The van der Waals surface area contributed by atoms with Crippen LogP contribution in [0, 0.1) is 0 Å². The van der Waals surface area contributed by atoms with Gasteiger partial charge in [-0.3, -0.25) is 0 Å². The lowest BCUT2D eigenvalue weighted by molar-refractivity contribution is 1.09. The summed E-state index contributed by atoms with van der Waals surface area (Å²) in [5.41, 5.74) is 14.9. The van der Waals surface area contributed by atoms with Crippen LogP contribution < -0.4 is 0 Å². The Morgan fingerprint density at radius 1 is 0.311 bits per heavy atom. The highest BCUT2D eigenvalue weighted by molar-refractivity contribution is 6.12. The SMILES string of the molecule is CC.CC.CC.CC.CC.CC.c1ccc(C(=C2c3ccccc3-c3ccccc32)C2c3ccccc3-c3ccccc32)cc1. The molecule has 0 fully saturated rings. The van der Waals surface area contributed by atoms with Gasteiger partial charge in [-0.2, -0.15) is 0 Å². The van der Waals surface area contributed by atoms with Crippen molar-refractivity contribution in [1.82, 2.24) is 0 Å². The quantitative estimate of drug-likeness (QED) is 0.186. The van der Waals surface area contributed by atoms with E-state index in [1.54, 1.807) is 0 Å². The molecule has 5 aromatic carbocycles. The van der Waals surface area contributed by atoms with Gasteiger partial charge in [0.15, 0.2) is 0 Å². The highest BCUT2D eigenvalue weighted by Gasteiger charge is 2.36. The Bertz CT molecular complexity index is 1460. The molecule has 0 saturated carbocycles. The van der Waals surface area contributed by atoms with E-state index in [0.29, 0.717) is 0 Å². The number of benzene rings is 5. The van der Waals surface area contributed by atoms with Gasteiger partial charge in [0.05, 0.1) is 0 Å². The van der Waals surface area contributed by atoms with Gasteiger partial charge in [-0.25, -0.2) is 0 Å². The smallest absolute Gasteiger partial charge is 0.0364 e. The van der Waals surface area contributed by atoms with Crippen LogP contribution in [0.2, 0.25) is 0 Å². The van der Waals surface area contributed by atoms with E-state index in [4.69, 9.17) is 0 Å². The van der Waals surface area contributed by atoms with Crippen molar-refractivity contribution in [3.63, 3.8) is 0 Å². The van der Waals surface area contributed by atoms with Crippen LogP contribution >= 0.6 is 0 Å². The summed E-state index contributed by atoms with van der Waals surface area (Å²) < 4.78 is 0. The van der Waals surface area contributed by atoms with Crippen molar-refractivity contribution in [2.75, 3.05) is 0 Å². The first-order valence-corrected chi connectivity index (χ1v) is 17.6. The monoisotopic (exact) mass is 598 g/mol. The van der Waals surface area contributed by atoms with E-state index < -0.39 is 0 Å². The van der Waals surface area contributed by atoms with Crippen LogP contribution in [0.25, 0.3) is 33.4 Å². The average molecular weight is 599 g/mol. The number of hydrogen-bond donors (Lipinski definition) is 0. The Labute approximate surface area is 276 Å². The number of allylic oxidation sites excluding steroid dienone is 1. The van der Waals surface area contributed by atoms with Crippen molar-refractivity contribution in [1.29, 1.82) is 0 Å². The van der Waals surface area contributed by atoms with Gasteiger partial charge in [-0.05, 0) is 61.2 Å². The molecular formula is C45H58. The predicted octanol–water partition coefficient (Wildman–Crippen LogP) is 14.6. The van der Waals surface area contributed by atoms with Gasteiger partial charge in [-0.1, -0.05) is 210 Å². The molecule has 0 N–H and O–H groups in total. The fourth-order valence-electron chi connectivity index (χ4n) is 5.85. The van der Waals surface area contributed by atoms with E-state index in [2.05, 4.69) is 127 Å². The summed E-state index contributed by atoms with van der Waals surface area (Å²) in [5.74, 6) is 0.189. The third-order valence-electron chi connectivity index (χ3n) is 7.16. The molecular weight excluding hydrogens is 540 g/mol. The molecule has 45 heavy (non-hydrogen) atoms. The third kappa shape index (κ3) is 8.12. The van der Waals surface area contributed by atoms with Crippen molar-refractivity contribution in [2.24, 2.45) is 0 Å². The fraction of sp³-hybridized carbons (Fsp3) is 0.289. The third-order valence-corrected chi connectivity index (χ3v) is 7.16. The molecule has 7 rings (SSSR count). The second kappa shape index (κ2) is 21.5. The van der Waals surface area contributed by atoms with Crippen molar-refractivity contribution < 1.29 is 0 Å². The number of hydrogen-bond acceptors (Lipinski definition) is 0. The van der Waals surface area contributed by atoms with Gasteiger partial charge in [0.25, 0.3) is 0 Å². The highest BCUT2D eigenvalue weighted by Crippen LogP contribution is 2.56. The summed E-state index contributed by atoms with van der Waals surface area (Å²) in [4.78, 5) is 0. The van der Waals surface area contributed by atoms with Crippen LogP contribution in [0.3, 0.4) is 0 Å². The standard InChI is InChI=1S/C33H22.6C2H6/c1-2-12-22(13-3-1)31(32-27-18-8-4-14-23(27)24-15-5-9-19-28(24)32)33-29-20-10-6-16-25(29)26-17-7-11-21-30(26)33;6*1-2/h1-21,32H;6*1-2H3. The van der Waals surface area contributed by atoms with Crippen LogP contribution in [-0.2, 0) is 0 Å². The lowest BCUT2D eigenvalue weighted by Gasteiger charge is -2.23. The molecule has 0 saturated heterocycles. The molecule has 2 aliphatic rings. The molecule has 0 nitrogen and oxygen atoms in total. The molecule has 0 atom stereocenters. The van der Waals surface area contributed by atoms with E-state index in [1.165, 1.54) is 61.2 Å². The van der Waals surface area contributed by atoms with E-state index in [1.807, 2.05) is 83.1 Å². The van der Waals surface area contributed by atoms with Crippen molar-refractivity contribution in [3.8, 4) is 22.3 Å². The first kappa shape index (κ1) is 38.9. The molecule has 0 radical (unpaired) electrons. The maximum Gasteiger partial charge on any atom is 0.0364 e. The van der Waals surface area contributed by atoms with Gasteiger partial charge >= 0.3 is 0 Å². The minimum Gasteiger partial charge on any atom is -0.0683 e. The summed E-state index contributed by atoms with van der Waals surface area (Å²) in [6, 6.07) is 46.6. The second-order valence-electron chi connectivity index (χ2n) is 8.85. The summed E-state index contributed by atoms with van der Waals surface area (Å²) in [5, 5.41) is 0. The lowest BCUT2D eigenvalue weighted by atomic mass is 9.80. The molecule has 5 aromatic rings. The molecule has 0 heterocycles. The largest absolute Gasteiger partial charge is 0.0683 e. The molecule has 0 heteroatoms. The topological polar surface area (TPSA) is 0 Å². The molecule has 0 amide bonds. The van der Waals surface area contributed by atoms with Gasteiger partial charge < -0.3 is 0 Å².